The van der Waals surface area contributed by atoms with Gasteiger partial charge in [-0.3, -0.25) is 0 Å². The summed E-state index contributed by atoms with van der Waals surface area (Å²) in [5.74, 6) is -0.577. The number of rotatable bonds is 8. The highest BCUT2D eigenvalue weighted by molar-refractivity contribution is 5.09. The third-order valence-corrected chi connectivity index (χ3v) is 2.60. The van der Waals surface area contributed by atoms with E-state index in [9.17, 15) is 9.50 Å². The molecule has 0 saturated carbocycles. The molecule has 0 aliphatic carbocycles. The highest BCUT2D eigenvalue weighted by atomic mass is 19.1. The largest absolute Gasteiger partial charge is 0.392 e. The van der Waals surface area contributed by atoms with E-state index < -0.39 is 11.4 Å². The fraction of sp³-hybridized carbons (Fsp3) is 0.833. The van der Waals surface area contributed by atoms with Gasteiger partial charge in [0, 0.05) is 0 Å². The monoisotopic (exact) mass is 218 g/mol. The third-order valence-electron chi connectivity index (χ3n) is 2.60. The van der Waals surface area contributed by atoms with E-state index in [0.717, 1.165) is 31.8 Å². The Morgan fingerprint density at radius 1 is 1.20 bits per heavy atom. The minimum absolute atomic E-state index is 0.355. The molecule has 0 aromatic heterocycles. The third kappa shape index (κ3) is 5.28. The molecule has 0 unspecified atom stereocenters. The summed E-state index contributed by atoms with van der Waals surface area (Å²) in [6, 6.07) is 0. The van der Waals surface area contributed by atoms with Crippen molar-refractivity contribution in [1.82, 2.24) is 0 Å². The van der Waals surface area contributed by atoms with Crippen LogP contribution in [0.15, 0.2) is 11.9 Å². The first-order valence-electron chi connectivity index (χ1n) is 5.80. The van der Waals surface area contributed by atoms with Gasteiger partial charge in [0.15, 0.2) is 0 Å². The minimum atomic E-state index is -1.35. The van der Waals surface area contributed by atoms with Crippen LogP contribution >= 0.6 is 0 Å². The molecule has 0 saturated heterocycles. The van der Waals surface area contributed by atoms with Gasteiger partial charge in [0.25, 0.3) is 0 Å². The summed E-state index contributed by atoms with van der Waals surface area (Å²) in [5, 5.41) is 18.7. The van der Waals surface area contributed by atoms with Crippen LogP contribution in [-0.2, 0) is 0 Å². The van der Waals surface area contributed by atoms with Crippen LogP contribution in [0.1, 0.15) is 52.4 Å². The smallest absolute Gasteiger partial charge is 0.130 e. The van der Waals surface area contributed by atoms with E-state index in [-0.39, 0.29) is 6.61 Å². The maximum absolute atomic E-state index is 13.5. The second-order valence-electron chi connectivity index (χ2n) is 3.97. The molecule has 0 aliphatic rings. The Balaban J connectivity index is 4.44. The Kier molecular flexibility index (Phi) is 7.61. The Hall–Kier alpha value is -0.410. The molecule has 2 N–H and O–H groups in total. The fourth-order valence-electron chi connectivity index (χ4n) is 1.57. The Morgan fingerprint density at radius 3 is 2.00 bits per heavy atom. The molecule has 0 aromatic carbocycles. The molecular weight excluding hydrogens is 195 g/mol. The van der Waals surface area contributed by atoms with Crippen molar-refractivity contribution in [2.24, 2.45) is 0 Å². The van der Waals surface area contributed by atoms with Crippen LogP contribution in [0.2, 0.25) is 0 Å². The van der Waals surface area contributed by atoms with Gasteiger partial charge in [-0.2, -0.15) is 0 Å². The molecule has 0 fully saturated rings. The van der Waals surface area contributed by atoms with Crippen LogP contribution in [0.3, 0.4) is 0 Å². The SMILES string of the molecule is CCCCC(O)(CCCC)/C(F)=C/CO. The first-order chi connectivity index (χ1) is 7.10. The summed E-state index contributed by atoms with van der Waals surface area (Å²) in [4.78, 5) is 0. The van der Waals surface area contributed by atoms with Crippen molar-refractivity contribution in [3.63, 3.8) is 0 Å². The van der Waals surface area contributed by atoms with Crippen molar-refractivity contribution >= 4 is 0 Å². The maximum atomic E-state index is 13.5. The van der Waals surface area contributed by atoms with Gasteiger partial charge in [-0.15, -0.1) is 0 Å². The molecule has 0 rings (SSSR count). The van der Waals surface area contributed by atoms with Gasteiger partial charge in [0.2, 0.25) is 0 Å². The van der Waals surface area contributed by atoms with Crippen molar-refractivity contribution in [2.75, 3.05) is 6.61 Å². The Labute approximate surface area is 91.8 Å². The van der Waals surface area contributed by atoms with Crippen molar-refractivity contribution in [2.45, 2.75) is 58.0 Å². The van der Waals surface area contributed by atoms with Crippen molar-refractivity contribution in [3.05, 3.63) is 11.9 Å². The number of aliphatic hydroxyl groups excluding tert-OH is 1. The lowest BCUT2D eigenvalue weighted by atomic mass is 9.89. The van der Waals surface area contributed by atoms with Crippen LogP contribution < -0.4 is 0 Å². The van der Waals surface area contributed by atoms with E-state index in [0.29, 0.717) is 12.8 Å². The van der Waals surface area contributed by atoms with Gasteiger partial charge in [-0.1, -0.05) is 39.5 Å². The minimum Gasteiger partial charge on any atom is -0.392 e. The molecule has 0 aromatic rings. The molecule has 3 heteroatoms. The normalized spacial score (nSPS) is 13.3. The van der Waals surface area contributed by atoms with Crippen LogP contribution in [-0.4, -0.2) is 22.4 Å². The average Bonchev–Trinajstić information content (AvgIpc) is 2.24. The summed E-state index contributed by atoms with van der Waals surface area (Å²) in [6.45, 7) is 3.66. The zero-order chi connectivity index (χ0) is 11.7. The summed E-state index contributed by atoms with van der Waals surface area (Å²) in [6.07, 6.45) is 5.39. The number of unbranched alkanes of at least 4 members (excludes halogenated alkanes) is 2. The first-order valence-corrected chi connectivity index (χ1v) is 5.80. The van der Waals surface area contributed by atoms with Crippen LogP contribution in [0.4, 0.5) is 4.39 Å². The van der Waals surface area contributed by atoms with Crippen LogP contribution in [0.5, 0.6) is 0 Å². The molecule has 0 aliphatic heterocycles. The quantitative estimate of drug-likeness (QED) is 0.657. The van der Waals surface area contributed by atoms with Gasteiger partial charge in [-0.05, 0) is 18.9 Å². The number of hydrogen-bond acceptors (Lipinski definition) is 2. The van der Waals surface area contributed by atoms with Gasteiger partial charge in [0.1, 0.15) is 11.4 Å². The summed E-state index contributed by atoms with van der Waals surface area (Å²) < 4.78 is 13.5. The molecule has 0 amide bonds. The zero-order valence-electron chi connectivity index (χ0n) is 9.80. The molecule has 0 atom stereocenters. The van der Waals surface area contributed by atoms with Gasteiger partial charge >= 0.3 is 0 Å². The Bertz CT molecular complexity index is 182. The number of halogens is 1. The predicted molar refractivity (Wildman–Crippen MR) is 60.3 cm³/mol. The second kappa shape index (κ2) is 7.83. The van der Waals surface area contributed by atoms with Crippen molar-refractivity contribution in [1.29, 1.82) is 0 Å². The molecule has 15 heavy (non-hydrogen) atoms. The summed E-state index contributed by atoms with van der Waals surface area (Å²) in [7, 11) is 0. The molecule has 0 spiro atoms. The first kappa shape index (κ1) is 14.6. The molecule has 90 valence electrons. The Morgan fingerprint density at radius 2 is 1.67 bits per heavy atom. The molecular formula is C12H23FO2. The standard InChI is InChI=1S/C12H23FO2/c1-3-5-8-12(15,9-6-4-2)11(13)7-10-14/h7,14-15H,3-6,8-10H2,1-2H3/b11-7-. The van der Waals surface area contributed by atoms with E-state index in [1.807, 2.05) is 13.8 Å². The highest BCUT2D eigenvalue weighted by Crippen LogP contribution is 2.30. The predicted octanol–water partition coefficient (Wildman–Crippen LogP) is 2.94. The van der Waals surface area contributed by atoms with Gasteiger partial charge in [-0.25, -0.2) is 4.39 Å². The molecule has 0 heterocycles. The highest BCUT2D eigenvalue weighted by Gasteiger charge is 2.30. The second-order valence-corrected chi connectivity index (χ2v) is 3.97. The van der Waals surface area contributed by atoms with E-state index >= 15 is 0 Å². The molecule has 2 nitrogen and oxygen atoms in total. The van der Waals surface area contributed by atoms with Crippen LogP contribution in [0.25, 0.3) is 0 Å². The lowest BCUT2D eigenvalue weighted by molar-refractivity contribution is 0.0325. The maximum Gasteiger partial charge on any atom is 0.130 e. The fourth-order valence-corrected chi connectivity index (χ4v) is 1.57. The van der Waals surface area contributed by atoms with Gasteiger partial charge in [0.05, 0.1) is 6.61 Å². The van der Waals surface area contributed by atoms with Crippen molar-refractivity contribution in [3.8, 4) is 0 Å². The van der Waals surface area contributed by atoms with Crippen LogP contribution in [0, 0.1) is 0 Å². The zero-order valence-corrected chi connectivity index (χ0v) is 9.80. The lowest BCUT2D eigenvalue weighted by Crippen LogP contribution is -2.29. The van der Waals surface area contributed by atoms with Crippen molar-refractivity contribution < 1.29 is 14.6 Å². The number of hydrogen-bond donors (Lipinski definition) is 2. The van der Waals surface area contributed by atoms with Gasteiger partial charge < -0.3 is 10.2 Å². The van der Waals surface area contributed by atoms with E-state index in [1.165, 1.54) is 0 Å². The summed E-state index contributed by atoms with van der Waals surface area (Å²) in [5.41, 5.74) is -1.35. The average molecular weight is 218 g/mol. The van der Waals surface area contributed by atoms with E-state index in [1.54, 1.807) is 0 Å². The van der Waals surface area contributed by atoms with E-state index in [4.69, 9.17) is 5.11 Å². The topological polar surface area (TPSA) is 40.5 Å². The number of aliphatic hydroxyl groups is 2. The molecule has 0 bridgehead atoms. The summed E-state index contributed by atoms with van der Waals surface area (Å²) >= 11 is 0. The molecule has 0 radical (unpaired) electrons. The van der Waals surface area contributed by atoms with E-state index in [2.05, 4.69) is 0 Å². The lowest BCUT2D eigenvalue weighted by Gasteiger charge is -2.26.